The van der Waals surface area contributed by atoms with Crippen molar-refractivity contribution in [2.45, 2.75) is 39.0 Å². The fourth-order valence-corrected chi connectivity index (χ4v) is 2.19. The minimum absolute atomic E-state index is 0.134. The summed E-state index contributed by atoms with van der Waals surface area (Å²) in [5.41, 5.74) is 0. The summed E-state index contributed by atoms with van der Waals surface area (Å²) in [6, 6.07) is 0. The molecule has 0 aliphatic rings. The zero-order chi connectivity index (χ0) is 14.1. The molecule has 0 aliphatic carbocycles. The molecule has 0 unspecified atom stereocenters. The third-order valence-corrected chi connectivity index (χ3v) is 3.13. The lowest BCUT2D eigenvalue weighted by Crippen LogP contribution is -2.16. The van der Waals surface area contributed by atoms with Gasteiger partial charge >= 0.3 is 6.18 Å². The number of nitrogens with one attached hydrogen (secondary N) is 1. The van der Waals surface area contributed by atoms with Crippen LogP contribution in [0.4, 0.5) is 13.2 Å². The summed E-state index contributed by atoms with van der Waals surface area (Å²) in [6.45, 7) is 2.62. The van der Waals surface area contributed by atoms with Crippen LogP contribution in [0.1, 0.15) is 29.8 Å². The van der Waals surface area contributed by atoms with Gasteiger partial charge in [-0.1, -0.05) is 18.3 Å². The fraction of sp³-hybridized carbons (Fsp3) is 0.818. The number of aromatic nitrogens is 2. The predicted molar refractivity (Wildman–Crippen MR) is 67.1 cm³/mol. The van der Waals surface area contributed by atoms with E-state index in [9.17, 15) is 13.2 Å². The molecule has 0 atom stereocenters. The van der Waals surface area contributed by atoms with Crippen LogP contribution < -0.4 is 5.32 Å². The van der Waals surface area contributed by atoms with Gasteiger partial charge in [0.2, 0.25) is 0 Å². The summed E-state index contributed by atoms with van der Waals surface area (Å²) in [5.74, 6) is 0. The highest BCUT2D eigenvalue weighted by Crippen LogP contribution is 2.17. The number of alkyl halides is 3. The van der Waals surface area contributed by atoms with Gasteiger partial charge in [0.15, 0.2) is 0 Å². The SMILES string of the molecule is CCCNCCCc1nnc(COCC(F)(F)F)s1. The molecule has 1 rings (SSSR count). The Bertz CT molecular complexity index is 357. The summed E-state index contributed by atoms with van der Waals surface area (Å²) in [4.78, 5) is 0. The second-order valence-corrected chi connectivity index (χ2v) is 5.20. The molecule has 0 aromatic carbocycles. The van der Waals surface area contributed by atoms with E-state index in [4.69, 9.17) is 0 Å². The van der Waals surface area contributed by atoms with E-state index in [1.165, 1.54) is 11.3 Å². The van der Waals surface area contributed by atoms with Crippen LogP contribution in [0.2, 0.25) is 0 Å². The van der Waals surface area contributed by atoms with Gasteiger partial charge in [0.25, 0.3) is 0 Å². The molecule has 0 spiro atoms. The van der Waals surface area contributed by atoms with Crippen molar-refractivity contribution < 1.29 is 17.9 Å². The van der Waals surface area contributed by atoms with E-state index in [1.54, 1.807) is 0 Å². The van der Waals surface area contributed by atoms with Crippen LogP contribution in [-0.4, -0.2) is 36.1 Å². The van der Waals surface area contributed by atoms with Crippen LogP contribution in [0.5, 0.6) is 0 Å². The number of hydrogen-bond donors (Lipinski definition) is 1. The maximum Gasteiger partial charge on any atom is 0.411 e. The van der Waals surface area contributed by atoms with Crippen LogP contribution in [-0.2, 0) is 17.8 Å². The van der Waals surface area contributed by atoms with Crippen LogP contribution in [0.15, 0.2) is 0 Å². The van der Waals surface area contributed by atoms with Crippen molar-refractivity contribution >= 4 is 11.3 Å². The van der Waals surface area contributed by atoms with Gasteiger partial charge in [-0.15, -0.1) is 10.2 Å². The summed E-state index contributed by atoms with van der Waals surface area (Å²) in [6.07, 6.45) is -1.47. The topological polar surface area (TPSA) is 47.0 Å². The van der Waals surface area contributed by atoms with Gasteiger partial charge in [0.05, 0.1) is 0 Å². The van der Waals surface area contributed by atoms with E-state index in [1.807, 2.05) is 0 Å². The summed E-state index contributed by atoms with van der Waals surface area (Å²) >= 11 is 1.30. The highest BCUT2D eigenvalue weighted by Gasteiger charge is 2.27. The molecule has 1 N–H and O–H groups in total. The van der Waals surface area contributed by atoms with Crippen molar-refractivity contribution in [3.8, 4) is 0 Å². The lowest BCUT2D eigenvalue weighted by Gasteiger charge is -2.04. The number of hydrogen-bond acceptors (Lipinski definition) is 5. The third kappa shape index (κ3) is 8.12. The van der Waals surface area contributed by atoms with Crippen LogP contribution in [0.25, 0.3) is 0 Å². The number of ether oxygens (including phenoxy) is 1. The number of aryl methyl sites for hydroxylation is 1. The Morgan fingerprint density at radius 1 is 1.21 bits per heavy atom. The zero-order valence-electron chi connectivity index (χ0n) is 10.8. The Hall–Kier alpha value is -0.730. The first-order chi connectivity index (χ1) is 9.01. The minimum atomic E-state index is -4.29. The highest BCUT2D eigenvalue weighted by atomic mass is 32.1. The van der Waals surface area contributed by atoms with Gasteiger partial charge < -0.3 is 10.1 Å². The van der Waals surface area contributed by atoms with Crippen LogP contribution in [0.3, 0.4) is 0 Å². The first kappa shape index (κ1) is 16.3. The number of nitrogens with zero attached hydrogens (tertiary/aromatic N) is 2. The second kappa shape index (κ2) is 8.44. The van der Waals surface area contributed by atoms with Crippen molar-refractivity contribution in [3.05, 3.63) is 10.0 Å². The Balaban J connectivity index is 2.17. The second-order valence-electron chi connectivity index (χ2n) is 4.05. The molecule has 0 saturated heterocycles. The average Bonchev–Trinajstić information content (AvgIpc) is 2.75. The van der Waals surface area contributed by atoms with Crippen molar-refractivity contribution in [2.24, 2.45) is 0 Å². The van der Waals surface area contributed by atoms with E-state index < -0.39 is 12.8 Å². The smallest absolute Gasteiger partial charge is 0.365 e. The molecule has 0 radical (unpaired) electrons. The maximum absolute atomic E-state index is 11.9. The molecule has 110 valence electrons. The Morgan fingerprint density at radius 3 is 2.63 bits per heavy atom. The largest absolute Gasteiger partial charge is 0.411 e. The maximum atomic E-state index is 11.9. The van der Waals surface area contributed by atoms with E-state index in [0.29, 0.717) is 5.01 Å². The van der Waals surface area contributed by atoms with Gasteiger partial charge in [0.1, 0.15) is 23.2 Å². The van der Waals surface area contributed by atoms with E-state index in [2.05, 4.69) is 27.2 Å². The Kier molecular flexibility index (Phi) is 7.25. The lowest BCUT2D eigenvalue weighted by atomic mass is 10.3. The average molecular weight is 297 g/mol. The van der Waals surface area contributed by atoms with Crippen LogP contribution >= 0.6 is 11.3 Å². The van der Waals surface area contributed by atoms with Gasteiger partial charge in [-0.3, -0.25) is 0 Å². The van der Waals surface area contributed by atoms with Crippen molar-refractivity contribution in [1.29, 1.82) is 0 Å². The van der Waals surface area contributed by atoms with Gasteiger partial charge in [0, 0.05) is 6.42 Å². The van der Waals surface area contributed by atoms with E-state index in [-0.39, 0.29) is 6.61 Å². The fourth-order valence-electron chi connectivity index (χ4n) is 1.37. The molecule has 0 amide bonds. The molecule has 19 heavy (non-hydrogen) atoms. The van der Waals surface area contributed by atoms with Gasteiger partial charge in [-0.25, -0.2) is 0 Å². The molecular formula is C11H18F3N3OS. The monoisotopic (exact) mass is 297 g/mol. The quantitative estimate of drug-likeness (QED) is 0.712. The minimum Gasteiger partial charge on any atom is -0.365 e. The predicted octanol–water partition coefficient (Wildman–Crippen LogP) is 2.55. The lowest BCUT2D eigenvalue weighted by molar-refractivity contribution is -0.176. The third-order valence-electron chi connectivity index (χ3n) is 2.17. The standard InChI is InChI=1S/C11H18F3N3OS/c1-2-5-15-6-3-4-9-16-17-10(19-9)7-18-8-11(12,13)14/h15H,2-8H2,1H3. The molecule has 0 aliphatic heterocycles. The van der Waals surface area contributed by atoms with Crippen molar-refractivity contribution in [2.75, 3.05) is 19.7 Å². The first-order valence-corrected chi connectivity index (χ1v) is 6.99. The summed E-state index contributed by atoms with van der Waals surface area (Å²) < 4.78 is 40.1. The van der Waals surface area contributed by atoms with E-state index >= 15 is 0 Å². The molecule has 4 nitrogen and oxygen atoms in total. The molecule has 0 fully saturated rings. The normalized spacial score (nSPS) is 12.0. The Morgan fingerprint density at radius 2 is 1.95 bits per heavy atom. The molecule has 0 bridgehead atoms. The molecule has 0 saturated carbocycles. The van der Waals surface area contributed by atoms with Gasteiger partial charge in [-0.2, -0.15) is 13.2 Å². The van der Waals surface area contributed by atoms with Crippen molar-refractivity contribution in [1.82, 2.24) is 15.5 Å². The van der Waals surface area contributed by atoms with Crippen LogP contribution in [0, 0.1) is 0 Å². The van der Waals surface area contributed by atoms with Gasteiger partial charge in [-0.05, 0) is 25.9 Å². The van der Waals surface area contributed by atoms with Crippen molar-refractivity contribution in [3.63, 3.8) is 0 Å². The zero-order valence-corrected chi connectivity index (χ0v) is 11.6. The molecular weight excluding hydrogens is 279 g/mol. The first-order valence-electron chi connectivity index (χ1n) is 6.17. The summed E-state index contributed by atoms with van der Waals surface area (Å²) in [7, 11) is 0. The number of rotatable bonds is 9. The molecule has 1 aromatic heterocycles. The number of halogens is 3. The molecule has 8 heteroatoms. The molecule has 1 heterocycles. The van der Waals surface area contributed by atoms with E-state index in [0.717, 1.165) is 37.4 Å². The molecule has 1 aromatic rings. The highest BCUT2D eigenvalue weighted by molar-refractivity contribution is 7.11. The Labute approximate surface area is 114 Å². The summed E-state index contributed by atoms with van der Waals surface area (Å²) in [5, 5.41) is 12.3.